The van der Waals surface area contributed by atoms with E-state index >= 15 is 0 Å². The van der Waals surface area contributed by atoms with Crippen molar-refractivity contribution in [1.29, 1.82) is 0 Å². The highest BCUT2D eigenvalue weighted by atomic mass is 16.5. The zero-order valence-electron chi connectivity index (χ0n) is 18.4. The summed E-state index contributed by atoms with van der Waals surface area (Å²) in [6, 6.07) is 19.5. The number of aryl methyl sites for hydroxylation is 1. The first-order valence-corrected chi connectivity index (χ1v) is 10.9. The standard InChI is InChI=1S/C26H28N4O2/c1-3-30-18-24(22-9-5-6-10-25(22)30)23(19-8-7-15-27-16-19)17-28-26(31)29-20-11-13-21(14-12-20)32-4-2/h5-16,18,23H,3-4,17H2,1-2H3,(H2,28,29,31)/t23-/m0/s1. The maximum Gasteiger partial charge on any atom is 0.319 e. The highest BCUT2D eigenvalue weighted by Gasteiger charge is 2.20. The van der Waals surface area contributed by atoms with Gasteiger partial charge in [0.2, 0.25) is 0 Å². The molecule has 0 radical (unpaired) electrons. The van der Waals surface area contributed by atoms with Gasteiger partial charge in [-0.05, 0) is 61.4 Å². The van der Waals surface area contributed by atoms with Crippen LogP contribution in [0.4, 0.5) is 10.5 Å². The molecule has 0 aliphatic heterocycles. The van der Waals surface area contributed by atoms with Gasteiger partial charge in [0.15, 0.2) is 0 Å². The van der Waals surface area contributed by atoms with Gasteiger partial charge in [-0.3, -0.25) is 4.98 Å². The predicted octanol–water partition coefficient (Wildman–Crippen LogP) is 5.41. The molecule has 0 aliphatic carbocycles. The van der Waals surface area contributed by atoms with Crippen LogP contribution in [0, 0.1) is 0 Å². The van der Waals surface area contributed by atoms with Crippen LogP contribution >= 0.6 is 0 Å². The zero-order valence-corrected chi connectivity index (χ0v) is 18.4. The molecule has 0 unspecified atom stereocenters. The van der Waals surface area contributed by atoms with E-state index in [0.29, 0.717) is 18.8 Å². The largest absolute Gasteiger partial charge is 0.494 e. The van der Waals surface area contributed by atoms with E-state index in [1.165, 1.54) is 16.5 Å². The number of benzene rings is 2. The molecule has 0 bridgehead atoms. The molecule has 0 fully saturated rings. The van der Waals surface area contributed by atoms with Crippen LogP contribution in [0.3, 0.4) is 0 Å². The molecule has 6 nitrogen and oxygen atoms in total. The quantitative estimate of drug-likeness (QED) is 0.394. The summed E-state index contributed by atoms with van der Waals surface area (Å²) in [4.78, 5) is 17.0. The minimum absolute atomic E-state index is 0.0209. The molecule has 0 aliphatic rings. The molecule has 2 aromatic carbocycles. The number of pyridine rings is 1. The number of carbonyl (C=O) groups is 1. The smallest absolute Gasteiger partial charge is 0.319 e. The molecule has 4 aromatic rings. The van der Waals surface area contributed by atoms with E-state index < -0.39 is 0 Å². The number of carbonyl (C=O) groups excluding carboxylic acids is 1. The Bertz CT molecular complexity index is 1170. The van der Waals surface area contributed by atoms with Crippen molar-refractivity contribution in [2.75, 3.05) is 18.5 Å². The topological polar surface area (TPSA) is 68.2 Å². The first kappa shape index (κ1) is 21.4. The Morgan fingerprint density at radius 2 is 1.88 bits per heavy atom. The lowest BCUT2D eigenvalue weighted by Crippen LogP contribution is -2.32. The number of anilines is 1. The monoisotopic (exact) mass is 428 g/mol. The molecule has 6 heteroatoms. The lowest BCUT2D eigenvalue weighted by atomic mass is 9.92. The molecule has 2 amide bonds. The van der Waals surface area contributed by atoms with Crippen LogP contribution in [0.1, 0.15) is 30.9 Å². The number of amides is 2. The minimum atomic E-state index is -0.248. The van der Waals surface area contributed by atoms with Crippen molar-refractivity contribution in [2.45, 2.75) is 26.3 Å². The van der Waals surface area contributed by atoms with Gasteiger partial charge in [-0.2, -0.15) is 0 Å². The molecule has 0 saturated carbocycles. The molecule has 2 heterocycles. The fraction of sp³-hybridized carbons (Fsp3) is 0.231. The average molecular weight is 429 g/mol. The number of hydrogen-bond acceptors (Lipinski definition) is 3. The Morgan fingerprint density at radius 3 is 2.59 bits per heavy atom. The summed E-state index contributed by atoms with van der Waals surface area (Å²) in [5, 5.41) is 7.13. The van der Waals surface area contributed by atoms with Gasteiger partial charge < -0.3 is 19.9 Å². The molecule has 0 spiro atoms. The third kappa shape index (κ3) is 4.75. The van der Waals surface area contributed by atoms with Crippen LogP contribution in [0.15, 0.2) is 79.3 Å². The van der Waals surface area contributed by atoms with Gasteiger partial charge in [-0.15, -0.1) is 0 Å². The van der Waals surface area contributed by atoms with Gasteiger partial charge >= 0.3 is 6.03 Å². The van der Waals surface area contributed by atoms with Crippen LogP contribution in [0.2, 0.25) is 0 Å². The number of para-hydroxylation sites is 1. The summed E-state index contributed by atoms with van der Waals surface area (Å²) in [7, 11) is 0. The minimum Gasteiger partial charge on any atom is -0.494 e. The highest BCUT2D eigenvalue weighted by Crippen LogP contribution is 2.32. The summed E-state index contributed by atoms with van der Waals surface area (Å²) in [6.45, 7) is 6.02. The molecule has 4 rings (SSSR count). The Morgan fingerprint density at radius 1 is 1.06 bits per heavy atom. The summed E-state index contributed by atoms with van der Waals surface area (Å²) in [5.41, 5.74) is 4.15. The average Bonchev–Trinajstić information content (AvgIpc) is 3.20. The van der Waals surface area contributed by atoms with Crippen LogP contribution in [0.25, 0.3) is 10.9 Å². The molecule has 2 aromatic heterocycles. The van der Waals surface area contributed by atoms with E-state index in [9.17, 15) is 4.79 Å². The van der Waals surface area contributed by atoms with Crippen molar-refractivity contribution in [3.8, 4) is 5.75 Å². The van der Waals surface area contributed by atoms with Gasteiger partial charge in [0, 0.05) is 54.2 Å². The Balaban J connectivity index is 1.54. The van der Waals surface area contributed by atoms with E-state index in [2.05, 4.69) is 63.6 Å². The van der Waals surface area contributed by atoms with Crippen molar-refractivity contribution >= 4 is 22.6 Å². The number of fused-ring (bicyclic) bond motifs is 1. The van der Waals surface area contributed by atoms with Gasteiger partial charge in [0.1, 0.15) is 5.75 Å². The fourth-order valence-electron chi connectivity index (χ4n) is 3.98. The maximum absolute atomic E-state index is 12.6. The summed E-state index contributed by atoms with van der Waals surface area (Å²) >= 11 is 0. The van der Waals surface area contributed by atoms with Crippen molar-refractivity contribution in [2.24, 2.45) is 0 Å². The van der Waals surface area contributed by atoms with E-state index in [1.807, 2.05) is 43.5 Å². The third-order valence-corrected chi connectivity index (χ3v) is 5.51. The van der Waals surface area contributed by atoms with E-state index in [4.69, 9.17) is 4.74 Å². The Labute approximate surface area is 188 Å². The van der Waals surface area contributed by atoms with Crippen LogP contribution in [-0.2, 0) is 6.54 Å². The predicted molar refractivity (Wildman–Crippen MR) is 128 cm³/mol. The molecule has 1 atom stereocenters. The molecular formula is C26H28N4O2. The number of nitrogens with zero attached hydrogens (tertiary/aromatic N) is 2. The van der Waals surface area contributed by atoms with Gasteiger partial charge in [0.25, 0.3) is 0 Å². The second-order valence-electron chi connectivity index (χ2n) is 7.52. The van der Waals surface area contributed by atoms with E-state index in [0.717, 1.165) is 17.9 Å². The first-order valence-electron chi connectivity index (χ1n) is 10.9. The number of rotatable bonds is 8. The maximum atomic E-state index is 12.6. The van der Waals surface area contributed by atoms with Crippen LogP contribution in [-0.4, -0.2) is 28.7 Å². The summed E-state index contributed by atoms with van der Waals surface area (Å²) in [5.74, 6) is 0.759. The van der Waals surface area contributed by atoms with E-state index in [-0.39, 0.29) is 11.9 Å². The number of hydrogen-bond donors (Lipinski definition) is 2. The van der Waals surface area contributed by atoms with E-state index in [1.54, 1.807) is 6.20 Å². The fourth-order valence-corrected chi connectivity index (χ4v) is 3.98. The second kappa shape index (κ2) is 10.0. The summed E-state index contributed by atoms with van der Waals surface area (Å²) in [6.07, 6.45) is 5.82. The van der Waals surface area contributed by atoms with Gasteiger partial charge in [-0.1, -0.05) is 24.3 Å². The Kier molecular flexibility index (Phi) is 6.70. The van der Waals surface area contributed by atoms with Crippen molar-refractivity contribution in [1.82, 2.24) is 14.9 Å². The lowest BCUT2D eigenvalue weighted by molar-refractivity contribution is 0.252. The Hall–Kier alpha value is -3.80. The molecular weight excluding hydrogens is 400 g/mol. The van der Waals surface area contributed by atoms with Gasteiger partial charge in [0.05, 0.1) is 6.61 Å². The number of urea groups is 1. The van der Waals surface area contributed by atoms with Gasteiger partial charge in [-0.25, -0.2) is 4.79 Å². The van der Waals surface area contributed by atoms with Crippen LogP contribution < -0.4 is 15.4 Å². The molecule has 2 N–H and O–H groups in total. The molecule has 32 heavy (non-hydrogen) atoms. The highest BCUT2D eigenvalue weighted by molar-refractivity contribution is 5.89. The summed E-state index contributed by atoms with van der Waals surface area (Å²) < 4.78 is 7.70. The first-order chi connectivity index (χ1) is 15.7. The third-order valence-electron chi connectivity index (χ3n) is 5.51. The SMILES string of the molecule is CCOc1ccc(NC(=O)NC[C@@H](c2cccnc2)c2cn(CC)c3ccccc23)cc1. The lowest BCUT2D eigenvalue weighted by Gasteiger charge is -2.18. The number of nitrogens with one attached hydrogen (secondary N) is 2. The number of aromatic nitrogens is 2. The van der Waals surface area contributed by atoms with Crippen LogP contribution in [0.5, 0.6) is 5.75 Å². The van der Waals surface area contributed by atoms with Crippen molar-refractivity contribution in [3.05, 3.63) is 90.4 Å². The molecule has 164 valence electrons. The zero-order chi connectivity index (χ0) is 22.3. The van der Waals surface area contributed by atoms with Crippen molar-refractivity contribution in [3.63, 3.8) is 0 Å². The molecule has 0 saturated heterocycles. The number of ether oxygens (including phenoxy) is 1. The van der Waals surface area contributed by atoms with Crippen molar-refractivity contribution < 1.29 is 9.53 Å². The second-order valence-corrected chi connectivity index (χ2v) is 7.52. The normalized spacial score (nSPS) is 11.8.